The number of nitrogens with zero attached hydrogens (tertiary/aromatic N) is 3. The highest BCUT2D eigenvalue weighted by Crippen LogP contribution is 2.24. The Hall–Kier alpha value is -1.79. The SMILES string of the molecule is N#Cc1cc[n+]([C@@H]2O[C@H](CO)[C@@H](O)[C@H]2O)nc1[O-]. The first kappa shape index (κ1) is 12.7. The maximum atomic E-state index is 11.4. The van der Waals surface area contributed by atoms with Crippen molar-refractivity contribution < 1.29 is 29.8 Å². The van der Waals surface area contributed by atoms with Gasteiger partial charge in [-0.3, -0.25) is 0 Å². The largest absolute Gasteiger partial charge is 0.854 e. The van der Waals surface area contributed by atoms with Crippen molar-refractivity contribution in [1.82, 2.24) is 5.10 Å². The maximum absolute atomic E-state index is 11.4. The number of hydrogen-bond donors (Lipinski definition) is 3. The predicted octanol–water partition coefficient (Wildman–Crippen LogP) is -3.07. The topological polar surface area (TPSA) is 134 Å². The highest BCUT2D eigenvalue weighted by molar-refractivity contribution is 5.32. The Morgan fingerprint density at radius 3 is 2.72 bits per heavy atom. The minimum atomic E-state index is -1.31. The normalized spacial score (nSPS) is 31.2. The van der Waals surface area contributed by atoms with Gasteiger partial charge in [0.2, 0.25) is 6.20 Å². The van der Waals surface area contributed by atoms with E-state index in [9.17, 15) is 15.3 Å². The molecule has 0 amide bonds. The van der Waals surface area contributed by atoms with Crippen LogP contribution in [0.3, 0.4) is 0 Å². The summed E-state index contributed by atoms with van der Waals surface area (Å²) >= 11 is 0. The van der Waals surface area contributed by atoms with E-state index in [4.69, 9.17) is 15.1 Å². The lowest BCUT2D eigenvalue weighted by molar-refractivity contribution is -0.817. The molecule has 8 heteroatoms. The van der Waals surface area contributed by atoms with Crippen LogP contribution in [0.15, 0.2) is 12.3 Å². The third-order valence-corrected chi connectivity index (χ3v) is 2.73. The monoisotopic (exact) mass is 253 g/mol. The van der Waals surface area contributed by atoms with Crippen LogP contribution >= 0.6 is 0 Å². The van der Waals surface area contributed by atoms with Gasteiger partial charge in [0.25, 0.3) is 0 Å². The number of nitriles is 1. The molecule has 1 fully saturated rings. The maximum Gasteiger partial charge on any atom is 0.317 e. The minimum absolute atomic E-state index is 0.127. The van der Waals surface area contributed by atoms with Gasteiger partial charge >= 0.3 is 6.23 Å². The molecular formula is C10H11N3O5. The fourth-order valence-corrected chi connectivity index (χ4v) is 1.74. The van der Waals surface area contributed by atoms with E-state index < -0.39 is 37.0 Å². The van der Waals surface area contributed by atoms with Gasteiger partial charge in [-0.2, -0.15) is 5.26 Å². The van der Waals surface area contributed by atoms with Crippen LogP contribution in [0.2, 0.25) is 0 Å². The third-order valence-electron chi connectivity index (χ3n) is 2.73. The molecule has 96 valence electrons. The Morgan fingerprint density at radius 2 is 2.22 bits per heavy atom. The first-order valence-corrected chi connectivity index (χ1v) is 5.20. The molecule has 2 rings (SSSR count). The van der Waals surface area contributed by atoms with E-state index in [1.807, 2.05) is 0 Å². The van der Waals surface area contributed by atoms with Gasteiger partial charge in [-0.05, 0) is 5.10 Å². The van der Waals surface area contributed by atoms with Gasteiger partial charge in [-0.1, -0.05) is 4.68 Å². The average Bonchev–Trinajstić information content (AvgIpc) is 2.66. The van der Waals surface area contributed by atoms with Crippen molar-refractivity contribution in [3.8, 4) is 11.9 Å². The molecule has 1 aliphatic heterocycles. The second-order valence-corrected chi connectivity index (χ2v) is 3.86. The molecule has 2 heterocycles. The molecule has 0 radical (unpaired) electrons. The second-order valence-electron chi connectivity index (χ2n) is 3.86. The highest BCUT2D eigenvalue weighted by Gasteiger charge is 2.48. The van der Waals surface area contributed by atoms with E-state index in [2.05, 4.69) is 5.10 Å². The predicted molar refractivity (Wildman–Crippen MR) is 51.6 cm³/mol. The molecule has 18 heavy (non-hydrogen) atoms. The molecule has 0 aliphatic carbocycles. The molecule has 1 aromatic rings. The minimum Gasteiger partial charge on any atom is -0.854 e. The summed E-state index contributed by atoms with van der Waals surface area (Å²) in [6.07, 6.45) is -3.30. The smallest absolute Gasteiger partial charge is 0.317 e. The number of aliphatic hydroxyl groups excluding tert-OH is 3. The number of aromatic nitrogens is 2. The molecule has 1 aliphatic rings. The molecule has 0 saturated carbocycles. The quantitative estimate of drug-likeness (QED) is 0.476. The van der Waals surface area contributed by atoms with E-state index in [1.54, 1.807) is 6.07 Å². The summed E-state index contributed by atoms with van der Waals surface area (Å²) in [6, 6.07) is 2.91. The van der Waals surface area contributed by atoms with Gasteiger partial charge < -0.3 is 25.2 Å². The summed E-state index contributed by atoms with van der Waals surface area (Å²) in [5.41, 5.74) is -0.127. The van der Waals surface area contributed by atoms with Crippen LogP contribution in [0.25, 0.3) is 0 Å². The molecule has 0 bridgehead atoms. The first-order valence-electron chi connectivity index (χ1n) is 5.20. The Labute approximate surface area is 102 Å². The van der Waals surface area contributed by atoms with Crippen LogP contribution in [0, 0.1) is 11.3 Å². The number of rotatable bonds is 2. The Balaban J connectivity index is 2.28. The lowest BCUT2D eigenvalue weighted by Crippen LogP contribution is -2.49. The summed E-state index contributed by atoms with van der Waals surface area (Å²) in [6.45, 7) is -0.463. The molecular weight excluding hydrogens is 242 g/mol. The molecule has 0 unspecified atom stereocenters. The lowest BCUT2D eigenvalue weighted by Gasteiger charge is -2.10. The molecule has 0 spiro atoms. The van der Waals surface area contributed by atoms with Gasteiger partial charge in [0, 0.05) is 6.07 Å². The van der Waals surface area contributed by atoms with Crippen molar-refractivity contribution in [3.63, 3.8) is 0 Å². The lowest BCUT2D eigenvalue weighted by atomic mass is 10.1. The van der Waals surface area contributed by atoms with E-state index in [0.717, 1.165) is 4.68 Å². The van der Waals surface area contributed by atoms with Crippen molar-refractivity contribution in [2.24, 2.45) is 0 Å². The number of hydrogen-bond acceptors (Lipinski definition) is 7. The first-order chi connectivity index (χ1) is 8.58. The van der Waals surface area contributed by atoms with Crippen LogP contribution in [-0.4, -0.2) is 45.3 Å². The standard InChI is InChI=1S/C10H11N3O5/c11-3-5-1-2-13(12-9(5)17)10-8(16)7(15)6(4-14)18-10/h1-2,6-8,10,14-16H,4H2/t6-,7-,8-,10-/m1/s1. The van der Waals surface area contributed by atoms with Crippen molar-refractivity contribution >= 4 is 0 Å². The summed E-state index contributed by atoms with van der Waals surface area (Å²) < 4.78 is 6.20. The summed E-state index contributed by atoms with van der Waals surface area (Å²) in [5.74, 6) is -0.752. The van der Waals surface area contributed by atoms with Crippen LogP contribution in [0.1, 0.15) is 11.8 Å². The van der Waals surface area contributed by atoms with Crippen LogP contribution in [0.4, 0.5) is 0 Å². The van der Waals surface area contributed by atoms with E-state index in [-0.39, 0.29) is 5.56 Å². The van der Waals surface area contributed by atoms with Gasteiger partial charge in [-0.25, -0.2) is 0 Å². The summed E-state index contributed by atoms with van der Waals surface area (Å²) in [4.78, 5) is 0. The van der Waals surface area contributed by atoms with Crippen molar-refractivity contribution in [2.45, 2.75) is 24.5 Å². The molecule has 3 N–H and O–H groups in total. The average molecular weight is 253 g/mol. The molecule has 1 aromatic heterocycles. The fourth-order valence-electron chi connectivity index (χ4n) is 1.74. The zero-order valence-electron chi connectivity index (χ0n) is 9.17. The van der Waals surface area contributed by atoms with Crippen molar-refractivity contribution in [3.05, 3.63) is 17.8 Å². The van der Waals surface area contributed by atoms with E-state index >= 15 is 0 Å². The van der Waals surface area contributed by atoms with Gasteiger partial charge in [0.05, 0.1) is 18.1 Å². The molecule has 0 aromatic carbocycles. The van der Waals surface area contributed by atoms with Crippen molar-refractivity contribution in [2.75, 3.05) is 6.61 Å². The summed E-state index contributed by atoms with van der Waals surface area (Å²) in [5, 5.41) is 51.7. The Bertz CT molecular complexity index is 489. The Morgan fingerprint density at radius 1 is 1.50 bits per heavy atom. The van der Waals surface area contributed by atoms with E-state index in [1.165, 1.54) is 12.3 Å². The van der Waals surface area contributed by atoms with E-state index in [0.29, 0.717) is 0 Å². The van der Waals surface area contributed by atoms with Gasteiger partial charge in [0.15, 0.2) is 6.10 Å². The molecule has 1 saturated heterocycles. The third kappa shape index (κ3) is 2.00. The highest BCUT2D eigenvalue weighted by atomic mass is 16.6. The number of ether oxygens (including phenoxy) is 1. The zero-order chi connectivity index (χ0) is 13.3. The molecule has 4 atom stereocenters. The van der Waals surface area contributed by atoms with Crippen LogP contribution in [-0.2, 0) is 4.74 Å². The van der Waals surface area contributed by atoms with Gasteiger partial charge in [0.1, 0.15) is 18.3 Å². The molecule has 8 nitrogen and oxygen atoms in total. The fraction of sp³-hybridized carbons (Fsp3) is 0.500. The van der Waals surface area contributed by atoms with Crippen LogP contribution in [0.5, 0.6) is 5.88 Å². The zero-order valence-corrected chi connectivity index (χ0v) is 9.17. The van der Waals surface area contributed by atoms with Gasteiger partial charge in [-0.15, -0.1) is 0 Å². The van der Waals surface area contributed by atoms with Crippen LogP contribution < -0.4 is 9.79 Å². The Kier molecular flexibility index (Phi) is 3.40. The van der Waals surface area contributed by atoms with Crippen molar-refractivity contribution in [1.29, 1.82) is 5.26 Å². The second kappa shape index (κ2) is 4.83. The summed E-state index contributed by atoms with van der Waals surface area (Å²) in [7, 11) is 0. The number of aliphatic hydroxyl groups is 3.